The Balaban J connectivity index is 1.59. The number of anilines is 1. The van der Waals surface area contributed by atoms with Gasteiger partial charge in [-0.1, -0.05) is 43.1 Å². The number of piperidine rings is 1. The highest BCUT2D eigenvalue weighted by atomic mass is 35.5. The van der Waals surface area contributed by atoms with Crippen LogP contribution in [0.2, 0.25) is 10.0 Å². The van der Waals surface area contributed by atoms with Gasteiger partial charge in [-0.05, 0) is 48.8 Å². The summed E-state index contributed by atoms with van der Waals surface area (Å²) in [7, 11) is 6.94. The maximum Gasteiger partial charge on any atom is 0.319 e. The Labute approximate surface area is 230 Å². The Kier molecular flexibility index (Phi) is 10.2. The number of likely N-dealkylation sites (N-methyl/N-ethyl adjacent to an activating group) is 1. The van der Waals surface area contributed by atoms with Crippen molar-refractivity contribution in [2.75, 3.05) is 53.3 Å². The first-order chi connectivity index (χ1) is 17.6. The number of benzene rings is 2. The summed E-state index contributed by atoms with van der Waals surface area (Å²) in [5, 5.41) is 7.34. The highest BCUT2D eigenvalue weighted by Gasteiger charge is 2.34. The maximum atomic E-state index is 13.0. The van der Waals surface area contributed by atoms with Crippen LogP contribution in [0.15, 0.2) is 30.3 Å². The van der Waals surface area contributed by atoms with E-state index < -0.39 is 0 Å². The minimum absolute atomic E-state index is 0.0265. The average molecular weight is 554 g/mol. The lowest BCUT2D eigenvalue weighted by molar-refractivity contribution is -0.916. The van der Waals surface area contributed by atoms with E-state index in [4.69, 9.17) is 37.4 Å². The molecule has 2 N–H and O–H groups in total. The van der Waals surface area contributed by atoms with E-state index in [2.05, 4.69) is 37.6 Å². The quantitative estimate of drug-likeness (QED) is 0.341. The summed E-state index contributed by atoms with van der Waals surface area (Å²) in [6.07, 6.45) is 3.29. The van der Waals surface area contributed by atoms with Crippen LogP contribution in [-0.4, -0.2) is 64.6 Å². The fourth-order valence-electron chi connectivity index (χ4n) is 5.02. The number of likely N-dealkylation sites (tertiary alicyclic amines) is 1. The zero-order valence-electron chi connectivity index (χ0n) is 22.7. The number of ether oxygens (including phenoxy) is 3. The van der Waals surface area contributed by atoms with Crippen molar-refractivity contribution in [1.82, 2.24) is 5.32 Å². The predicted octanol–water partition coefficient (Wildman–Crippen LogP) is 6.26. The molecule has 1 fully saturated rings. The van der Waals surface area contributed by atoms with Crippen LogP contribution >= 0.6 is 23.2 Å². The number of methoxy groups -OCH3 is 3. The van der Waals surface area contributed by atoms with Crippen molar-refractivity contribution in [2.24, 2.45) is 11.8 Å². The minimum Gasteiger partial charge on any atom is -0.493 e. The van der Waals surface area contributed by atoms with Crippen LogP contribution in [0.3, 0.4) is 0 Å². The van der Waals surface area contributed by atoms with Gasteiger partial charge in [0.1, 0.15) is 0 Å². The number of carbonyl (C=O) groups excluding carboxylic acids is 1. The zero-order chi connectivity index (χ0) is 27.2. The van der Waals surface area contributed by atoms with Gasteiger partial charge >= 0.3 is 6.03 Å². The highest BCUT2D eigenvalue weighted by Crippen LogP contribution is 2.40. The van der Waals surface area contributed by atoms with Crippen LogP contribution in [0.25, 0.3) is 0 Å². The number of nitrogens with zero attached hydrogens (tertiary/aromatic N) is 1. The molecule has 0 bridgehead atoms. The molecule has 0 spiro atoms. The summed E-state index contributed by atoms with van der Waals surface area (Å²) in [6, 6.07) is 9.15. The molecular formula is C28H40Cl2N3O4+. The van der Waals surface area contributed by atoms with Gasteiger partial charge in [0, 0.05) is 12.1 Å². The summed E-state index contributed by atoms with van der Waals surface area (Å²) in [4.78, 5) is 13.0. The molecule has 0 aliphatic carbocycles. The van der Waals surface area contributed by atoms with Gasteiger partial charge in [-0.25, -0.2) is 4.79 Å². The number of carbonyl (C=O) groups is 1. The number of urea groups is 1. The van der Waals surface area contributed by atoms with E-state index in [0.29, 0.717) is 38.9 Å². The molecule has 1 atom stereocenters. The summed E-state index contributed by atoms with van der Waals surface area (Å²) < 4.78 is 17.1. The normalized spacial score (nSPS) is 20.3. The minimum atomic E-state index is -0.255. The third kappa shape index (κ3) is 7.82. The molecule has 0 unspecified atom stereocenters. The summed E-state index contributed by atoms with van der Waals surface area (Å²) >= 11 is 12.3. The largest absolute Gasteiger partial charge is 0.493 e. The molecule has 7 nitrogen and oxygen atoms in total. The first-order valence-corrected chi connectivity index (χ1v) is 13.5. The van der Waals surface area contributed by atoms with Gasteiger partial charge < -0.3 is 29.3 Å². The molecule has 1 aliphatic rings. The zero-order valence-corrected chi connectivity index (χ0v) is 24.2. The van der Waals surface area contributed by atoms with Gasteiger partial charge in [-0.15, -0.1) is 0 Å². The SMILES string of the molecule is COc1cc(NC(=O)N[C@H](C[N+]2(C)CCC(Cc3ccc(Cl)c(Cl)c3)CC2)C(C)C)cc(OC)c1OC. The van der Waals surface area contributed by atoms with E-state index in [1.54, 1.807) is 33.5 Å². The molecule has 37 heavy (non-hydrogen) atoms. The molecule has 1 heterocycles. The van der Waals surface area contributed by atoms with Crippen molar-refractivity contribution in [3.8, 4) is 17.2 Å². The fourth-order valence-corrected chi connectivity index (χ4v) is 5.34. The fraction of sp³-hybridized carbons (Fsp3) is 0.536. The van der Waals surface area contributed by atoms with E-state index in [0.717, 1.165) is 43.4 Å². The molecule has 2 amide bonds. The van der Waals surface area contributed by atoms with Crippen LogP contribution in [0.1, 0.15) is 32.3 Å². The van der Waals surface area contributed by atoms with Crippen molar-refractivity contribution in [2.45, 2.75) is 39.2 Å². The smallest absolute Gasteiger partial charge is 0.319 e. The highest BCUT2D eigenvalue weighted by molar-refractivity contribution is 6.42. The maximum absolute atomic E-state index is 13.0. The molecule has 2 aromatic carbocycles. The van der Waals surface area contributed by atoms with Gasteiger partial charge in [-0.3, -0.25) is 0 Å². The lowest BCUT2D eigenvalue weighted by atomic mass is 9.88. The van der Waals surface area contributed by atoms with Crippen LogP contribution in [0.4, 0.5) is 10.5 Å². The van der Waals surface area contributed by atoms with Crippen LogP contribution in [-0.2, 0) is 6.42 Å². The van der Waals surface area contributed by atoms with E-state index in [-0.39, 0.29) is 18.0 Å². The number of halogens is 2. The van der Waals surface area contributed by atoms with Crippen molar-refractivity contribution < 1.29 is 23.5 Å². The Hall–Kier alpha value is -2.35. The molecule has 3 rings (SSSR count). The summed E-state index contributed by atoms with van der Waals surface area (Å²) in [5.41, 5.74) is 1.80. The Morgan fingerprint density at radius 3 is 2.14 bits per heavy atom. The molecule has 0 radical (unpaired) electrons. The van der Waals surface area contributed by atoms with Gasteiger partial charge in [0.15, 0.2) is 11.5 Å². The third-order valence-corrected chi connectivity index (χ3v) is 8.08. The van der Waals surface area contributed by atoms with Gasteiger partial charge in [0.25, 0.3) is 0 Å². The topological polar surface area (TPSA) is 68.8 Å². The van der Waals surface area contributed by atoms with Gasteiger partial charge in [-0.2, -0.15) is 0 Å². The second kappa shape index (κ2) is 12.9. The molecule has 1 saturated heterocycles. The second-order valence-corrected chi connectivity index (χ2v) is 11.3. The lowest BCUT2D eigenvalue weighted by Gasteiger charge is -2.43. The van der Waals surface area contributed by atoms with Crippen molar-refractivity contribution in [3.63, 3.8) is 0 Å². The summed E-state index contributed by atoms with van der Waals surface area (Å²) in [6.45, 7) is 7.32. The number of hydrogen-bond acceptors (Lipinski definition) is 4. The molecule has 0 aromatic heterocycles. The standard InChI is InChI=1S/C28H39Cl2N3O4/c1-18(2)24(32-28(34)31-21-15-25(35-4)27(37-6)26(16-21)36-5)17-33(3)11-9-19(10-12-33)13-20-7-8-22(29)23(30)14-20/h7-8,14-16,18-19,24H,9-13,17H2,1-6H3,(H-,31,32,34)/p+1/t19?,24-,33?/m1/s1. The first kappa shape index (κ1) is 29.2. The van der Waals surface area contributed by atoms with E-state index in [1.807, 2.05) is 12.1 Å². The monoisotopic (exact) mass is 552 g/mol. The molecular weight excluding hydrogens is 513 g/mol. The van der Waals surface area contributed by atoms with Crippen LogP contribution in [0, 0.1) is 11.8 Å². The molecule has 1 aliphatic heterocycles. The molecule has 0 saturated carbocycles. The number of rotatable bonds is 10. The number of quaternary nitrogens is 1. The van der Waals surface area contributed by atoms with Gasteiger partial charge in [0.2, 0.25) is 5.75 Å². The Bertz CT molecular complexity index is 1050. The second-order valence-electron chi connectivity index (χ2n) is 10.5. The molecule has 9 heteroatoms. The van der Waals surface area contributed by atoms with Crippen LogP contribution in [0.5, 0.6) is 17.2 Å². The number of nitrogens with one attached hydrogen (secondary N) is 2. The van der Waals surface area contributed by atoms with E-state index >= 15 is 0 Å². The van der Waals surface area contributed by atoms with Crippen LogP contribution < -0.4 is 24.8 Å². The average Bonchev–Trinajstić information content (AvgIpc) is 2.86. The van der Waals surface area contributed by atoms with Crippen molar-refractivity contribution >= 4 is 34.9 Å². The predicted molar refractivity (Wildman–Crippen MR) is 151 cm³/mol. The Morgan fingerprint density at radius 2 is 1.62 bits per heavy atom. The Morgan fingerprint density at radius 1 is 1.00 bits per heavy atom. The third-order valence-electron chi connectivity index (χ3n) is 7.34. The molecule has 2 aromatic rings. The van der Waals surface area contributed by atoms with Crippen molar-refractivity contribution in [1.29, 1.82) is 0 Å². The molecule has 204 valence electrons. The summed E-state index contributed by atoms with van der Waals surface area (Å²) in [5.74, 6) is 2.36. The number of hydrogen-bond donors (Lipinski definition) is 2. The lowest BCUT2D eigenvalue weighted by Crippen LogP contribution is -2.58. The number of amides is 2. The van der Waals surface area contributed by atoms with Crippen molar-refractivity contribution in [3.05, 3.63) is 45.9 Å². The van der Waals surface area contributed by atoms with E-state index in [9.17, 15) is 4.79 Å². The van der Waals surface area contributed by atoms with E-state index in [1.165, 1.54) is 5.56 Å². The first-order valence-electron chi connectivity index (χ1n) is 12.7. The van der Waals surface area contributed by atoms with Gasteiger partial charge in [0.05, 0.1) is 69.8 Å².